The molecule has 0 fully saturated rings. The number of hydrogen-bond acceptors (Lipinski definition) is 3. The van der Waals surface area contributed by atoms with E-state index in [1.54, 1.807) is 6.92 Å². The molecule has 0 atom stereocenters. The van der Waals surface area contributed by atoms with E-state index in [0.29, 0.717) is 12.2 Å². The third kappa shape index (κ3) is 3.09. The number of rotatable bonds is 4. The molecule has 84 valence electrons. The molecule has 6 heteroatoms. The van der Waals surface area contributed by atoms with Gasteiger partial charge in [0.05, 0.1) is 11.4 Å². The molecule has 1 aromatic heterocycles. The van der Waals surface area contributed by atoms with E-state index in [4.69, 9.17) is 0 Å². The van der Waals surface area contributed by atoms with Crippen LogP contribution in [0.5, 0.6) is 0 Å². The molecule has 0 aromatic carbocycles. The molecule has 15 heavy (non-hydrogen) atoms. The van der Waals surface area contributed by atoms with Gasteiger partial charge in [-0.25, -0.2) is 8.42 Å². The first-order chi connectivity index (χ1) is 6.98. The van der Waals surface area contributed by atoms with Gasteiger partial charge < -0.3 is 4.57 Å². The largest absolute Gasteiger partial charge is 0.314 e. The fourth-order valence-corrected chi connectivity index (χ4v) is 1.71. The zero-order valence-electron chi connectivity index (χ0n) is 8.73. The van der Waals surface area contributed by atoms with Crippen molar-refractivity contribution in [2.24, 2.45) is 0 Å². The maximum atomic E-state index is 11.3. The van der Waals surface area contributed by atoms with E-state index in [-0.39, 0.29) is 11.3 Å². The highest BCUT2D eigenvalue weighted by Crippen LogP contribution is 2.06. The quantitative estimate of drug-likeness (QED) is 0.825. The lowest BCUT2D eigenvalue weighted by Crippen LogP contribution is -2.20. The van der Waals surface area contributed by atoms with E-state index < -0.39 is 10.0 Å². The van der Waals surface area contributed by atoms with Crippen molar-refractivity contribution >= 4 is 15.7 Å². The molecule has 0 spiro atoms. The molecule has 1 rings (SSSR count). The molecule has 0 aliphatic rings. The van der Waals surface area contributed by atoms with Crippen LogP contribution in [0.4, 0.5) is 5.69 Å². The second kappa shape index (κ2) is 4.48. The first-order valence-electron chi connectivity index (χ1n) is 4.69. The molecule has 0 amide bonds. The molecular weight excluding hydrogens is 216 g/mol. The van der Waals surface area contributed by atoms with Gasteiger partial charge in [0, 0.05) is 18.8 Å². The van der Waals surface area contributed by atoms with Crippen LogP contribution in [0, 0.1) is 0 Å². The summed E-state index contributed by atoms with van der Waals surface area (Å²) in [5, 5.41) is 0. The summed E-state index contributed by atoms with van der Waals surface area (Å²) in [7, 11) is -3.28. The molecule has 0 unspecified atom stereocenters. The van der Waals surface area contributed by atoms with Crippen molar-refractivity contribution in [2.75, 3.05) is 10.5 Å². The van der Waals surface area contributed by atoms with Gasteiger partial charge in [-0.05, 0) is 19.9 Å². The van der Waals surface area contributed by atoms with E-state index in [0.717, 1.165) is 0 Å². The number of anilines is 1. The summed E-state index contributed by atoms with van der Waals surface area (Å²) < 4.78 is 26.3. The Hall–Kier alpha value is -1.30. The number of sulfonamides is 1. The minimum Gasteiger partial charge on any atom is -0.314 e. The molecule has 1 aromatic rings. The number of aromatic nitrogens is 1. The lowest BCUT2D eigenvalue weighted by atomic mass is 10.4. The third-order valence-electron chi connectivity index (χ3n) is 1.98. The highest BCUT2D eigenvalue weighted by Gasteiger charge is 2.06. The molecule has 0 saturated carbocycles. The molecule has 0 saturated heterocycles. The van der Waals surface area contributed by atoms with Gasteiger partial charge in [-0.3, -0.25) is 9.52 Å². The minimum atomic E-state index is -3.28. The molecule has 5 nitrogen and oxygen atoms in total. The Morgan fingerprint density at radius 1 is 1.33 bits per heavy atom. The first kappa shape index (κ1) is 11.8. The van der Waals surface area contributed by atoms with E-state index >= 15 is 0 Å². The fraction of sp³-hybridized carbons (Fsp3) is 0.444. The molecular formula is C9H14N2O3S. The maximum absolute atomic E-state index is 11.3. The summed E-state index contributed by atoms with van der Waals surface area (Å²) in [5.74, 6) is 0.0122. The summed E-state index contributed by atoms with van der Waals surface area (Å²) in [6.45, 7) is 3.89. The smallest absolute Gasteiger partial charge is 0.250 e. The summed E-state index contributed by atoms with van der Waals surface area (Å²) in [6, 6.07) is 2.80. The number of nitrogens with zero attached hydrogens (tertiary/aromatic N) is 1. The fourth-order valence-electron chi connectivity index (χ4n) is 1.09. The Morgan fingerprint density at radius 3 is 2.53 bits per heavy atom. The average Bonchev–Trinajstić information content (AvgIpc) is 2.20. The standard InChI is InChI=1S/C9H14N2O3S/c1-3-11-7-8(5-6-9(11)12)10-15(13,14)4-2/h5-7,10H,3-4H2,1-2H3. The van der Waals surface area contributed by atoms with Gasteiger partial charge in [0.2, 0.25) is 10.0 Å². The Labute approximate surface area is 88.8 Å². The molecule has 0 aliphatic heterocycles. The summed E-state index contributed by atoms with van der Waals surface area (Å²) in [6.07, 6.45) is 1.50. The van der Waals surface area contributed by atoms with Crippen LogP contribution < -0.4 is 10.3 Å². The Kier molecular flexibility index (Phi) is 3.52. The number of nitrogens with one attached hydrogen (secondary N) is 1. The van der Waals surface area contributed by atoms with Crippen LogP contribution in [0.3, 0.4) is 0 Å². The monoisotopic (exact) mass is 230 g/mol. The normalized spacial score (nSPS) is 11.3. The second-order valence-corrected chi connectivity index (χ2v) is 5.06. The van der Waals surface area contributed by atoms with Crippen molar-refractivity contribution < 1.29 is 8.42 Å². The van der Waals surface area contributed by atoms with Crippen molar-refractivity contribution in [2.45, 2.75) is 20.4 Å². The van der Waals surface area contributed by atoms with Gasteiger partial charge in [0.1, 0.15) is 0 Å². The van der Waals surface area contributed by atoms with Crippen LogP contribution in [0.25, 0.3) is 0 Å². The van der Waals surface area contributed by atoms with Gasteiger partial charge in [-0.2, -0.15) is 0 Å². The summed E-state index contributed by atoms with van der Waals surface area (Å²) in [4.78, 5) is 11.2. The van der Waals surface area contributed by atoms with Crippen LogP contribution >= 0.6 is 0 Å². The van der Waals surface area contributed by atoms with Crippen molar-refractivity contribution in [1.29, 1.82) is 0 Å². The van der Waals surface area contributed by atoms with Gasteiger partial charge >= 0.3 is 0 Å². The molecule has 1 heterocycles. The van der Waals surface area contributed by atoms with Crippen LogP contribution in [0.2, 0.25) is 0 Å². The zero-order chi connectivity index (χ0) is 11.5. The van der Waals surface area contributed by atoms with Gasteiger partial charge in [0.15, 0.2) is 0 Å². The van der Waals surface area contributed by atoms with Gasteiger partial charge in [0.25, 0.3) is 5.56 Å². The lowest BCUT2D eigenvalue weighted by Gasteiger charge is -2.08. The average molecular weight is 230 g/mol. The predicted molar refractivity (Wildman–Crippen MR) is 59.5 cm³/mol. The van der Waals surface area contributed by atoms with E-state index in [1.807, 2.05) is 6.92 Å². The van der Waals surface area contributed by atoms with Crippen LogP contribution in [-0.4, -0.2) is 18.7 Å². The van der Waals surface area contributed by atoms with Crippen molar-refractivity contribution in [3.63, 3.8) is 0 Å². The SMILES string of the molecule is CCn1cc(NS(=O)(=O)CC)ccc1=O. The van der Waals surface area contributed by atoms with E-state index in [2.05, 4.69) is 4.72 Å². The topological polar surface area (TPSA) is 68.2 Å². The van der Waals surface area contributed by atoms with Crippen molar-refractivity contribution in [3.05, 3.63) is 28.7 Å². The maximum Gasteiger partial charge on any atom is 0.250 e. The number of aryl methyl sites for hydroxylation is 1. The van der Waals surface area contributed by atoms with Gasteiger partial charge in [-0.1, -0.05) is 0 Å². The van der Waals surface area contributed by atoms with Gasteiger partial charge in [-0.15, -0.1) is 0 Å². The first-order valence-corrected chi connectivity index (χ1v) is 6.34. The molecule has 0 aliphatic carbocycles. The van der Waals surface area contributed by atoms with Crippen molar-refractivity contribution in [3.8, 4) is 0 Å². The third-order valence-corrected chi connectivity index (χ3v) is 3.28. The number of hydrogen-bond donors (Lipinski definition) is 1. The Morgan fingerprint density at radius 2 is 2.00 bits per heavy atom. The highest BCUT2D eigenvalue weighted by molar-refractivity contribution is 7.92. The van der Waals surface area contributed by atoms with Crippen LogP contribution in [0.1, 0.15) is 13.8 Å². The molecule has 1 N–H and O–H groups in total. The number of pyridine rings is 1. The van der Waals surface area contributed by atoms with Crippen molar-refractivity contribution in [1.82, 2.24) is 4.57 Å². The minimum absolute atomic E-state index is 0.0122. The molecule has 0 radical (unpaired) electrons. The Bertz CT molecular complexity index is 490. The summed E-state index contributed by atoms with van der Waals surface area (Å²) >= 11 is 0. The van der Waals surface area contributed by atoms with Crippen LogP contribution in [-0.2, 0) is 16.6 Å². The Balaban J connectivity index is 3.03. The lowest BCUT2D eigenvalue weighted by molar-refractivity contribution is 0.602. The van der Waals surface area contributed by atoms with E-state index in [9.17, 15) is 13.2 Å². The second-order valence-electron chi connectivity index (χ2n) is 3.05. The van der Waals surface area contributed by atoms with Crippen LogP contribution in [0.15, 0.2) is 23.1 Å². The van der Waals surface area contributed by atoms with E-state index in [1.165, 1.54) is 22.9 Å². The highest BCUT2D eigenvalue weighted by atomic mass is 32.2. The predicted octanol–water partition coefficient (Wildman–Crippen LogP) is 0.630. The molecule has 0 bridgehead atoms. The summed E-state index contributed by atoms with van der Waals surface area (Å²) in [5.41, 5.74) is 0.273. The zero-order valence-corrected chi connectivity index (χ0v) is 9.54.